The van der Waals surface area contributed by atoms with Gasteiger partial charge in [0.15, 0.2) is 5.65 Å². The fraction of sp³-hybridized carbons (Fsp3) is 0.200. The van der Waals surface area contributed by atoms with Crippen LogP contribution in [0.25, 0.3) is 27.7 Å². The van der Waals surface area contributed by atoms with Crippen LogP contribution in [-0.2, 0) is 0 Å². The first-order valence-electron chi connectivity index (χ1n) is 9.43. The highest BCUT2D eigenvalue weighted by molar-refractivity contribution is 9.10. The summed E-state index contributed by atoms with van der Waals surface area (Å²) in [6.07, 6.45) is 2.65. The molecule has 0 bridgehead atoms. The van der Waals surface area contributed by atoms with Gasteiger partial charge in [0.25, 0.3) is 0 Å². The van der Waals surface area contributed by atoms with Crippen molar-refractivity contribution in [2.45, 2.75) is 0 Å². The molecule has 0 unspecified atom stereocenters. The predicted molar refractivity (Wildman–Crippen MR) is 118 cm³/mol. The quantitative estimate of drug-likeness (QED) is 0.465. The van der Waals surface area contributed by atoms with Crippen molar-refractivity contribution in [3.8, 4) is 11.1 Å². The minimum Gasteiger partial charge on any atom is -0.465 e. The minimum absolute atomic E-state index is 0.412. The molecule has 4 heterocycles. The number of carbonyl (C=O) groups is 1. The van der Waals surface area contributed by atoms with Crippen molar-refractivity contribution in [2.75, 3.05) is 36.8 Å². The molecule has 30 heavy (non-hydrogen) atoms. The molecular formula is C20H18BrN7O2. The van der Waals surface area contributed by atoms with Gasteiger partial charge in [0, 0.05) is 48.9 Å². The van der Waals surface area contributed by atoms with Crippen LogP contribution in [0.4, 0.5) is 16.4 Å². The van der Waals surface area contributed by atoms with Crippen molar-refractivity contribution in [1.82, 2.24) is 24.5 Å². The molecule has 4 aromatic rings. The Morgan fingerprint density at radius 1 is 1.13 bits per heavy atom. The van der Waals surface area contributed by atoms with E-state index in [1.165, 1.54) is 4.90 Å². The van der Waals surface area contributed by atoms with Gasteiger partial charge in [-0.05, 0) is 28.1 Å². The number of amides is 1. The van der Waals surface area contributed by atoms with E-state index in [0.29, 0.717) is 47.9 Å². The lowest BCUT2D eigenvalue weighted by molar-refractivity contribution is 0.142. The van der Waals surface area contributed by atoms with E-state index in [2.05, 4.69) is 32.1 Å². The third-order valence-electron chi connectivity index (χ3n) is 5.36. The summed E-state index contributed by atoms with van der Waals surface area (Å²) in [7, 11) is 0. The van der Waals surface area contributed by atoms with Crippen LogP contribution < -0.4 is 10.6 Å². The number of aromatic nitrogens is 4. The van der Waals surface area contributed by atoms with Crippen LogP contribution in [0.2, 0.25) is 0 Å². The number of nitrogen functional groups attached to an aromatic ring is 1. The van der Waals surface area contributed by atoms with Gasteiger partial charge in [0.1, 0.15) is 16.1 Å². The summed E-state index contributed by atoms with van der Waals surface area (Å²) < 4.78 is 2.25. The van der Waals surface area contributed by atoms with E-state index in [9.17, 15) is 9.90 Å². The summed E-state index contributed by atoms with van der Waals surface area (Å²) in [6, 6.07) is 9.98. The minimum atomic E-state index is -0.904. The Morgan fingerprint density at radius 2 is 1.90 bits per heavy atom. The fourth-order valence-electron chi connectivity index (χ4n) is 3.72. The van der Waals surface area contributed by atoms with Gasteiger partial charge in [-0.3, -0.25) is 4.98 Å². The number of anilines is 2. The molecule has 3 N–H and O–H groups in total. The number of halogens is 1. The zero-order valence-electron chi connectivity index (χ0n) is 15.9. The van der Waals surface area contributed by atoms with Gasteiger partial charge in [-0.15, -0.1) is 0 Å². The molecule has 0 radical (unpaired) electrons. The van der Waals surface area contributed by atoms with Crippen LogP contribution in [0.15, 0.2) is 47.2 Å². The molecule has 152 valence electrons. The normalized spacial score (nSPS) is 14.6. The van der Waals surface area contributed by atoms with Gasteiger partial charge in [-0.1, -0.05) is 18.2 Å². The number of rotatable bonds is 2. The molecular weight excluding hydrogens is 450 g/mol. The Balaban J connectivity index is 1.59. The molecule has 0 spiro atoms. The highest BCUT2D eigenvalue weighted by atomic mass is 79.9. The number of pyridine rings is 1. The van der Waals surface area contributed by atoms with Crippen LogP contribution in [0.3, 0.4) is 0 Å². The van der Waals surface area contributed by atoms with Crippen LogP contribution in [-0.4, -0.2) is 61.9 Å². The van der Waals surface area contributed by atoms with E-state index in [0.717, 1.165) is 22.0 Å². The van der Waals surface area contributed by atoms with Gasteiger partial charge in [-0.25, -0.2) is 9.78 Å². The Kier molecular flexibility index (Phi) is 4.43. The number of benzene rings is 1. The summed E-state index contributed by atoms with van der Waals surface area (Å²) in [6.45, 7) is 1.90. The van der Waals surface area contributed by atoms with Gasteiger partial charge in [0.2, 0.25) is 0 Å². The van der Waals surface area contributed by atoms with E-state index < -0.39 is 6.09 Å². The van der Waals surface area contributed by atoms with Gasteiger partial charge >= 0.3 is 6.09 Å². The Labute approximate surface area is 179 Å². The first kappa shape index (κ1) is 18.6. The smallest absolute Gasteiger partial charge is 0.407 e. The van der Waals surface area contributed by atoms with E-state index in [4.69, 9.17) is 10.7 Å². The number of nitrogens with two attached hydrogens (primary N) is 1. The van der Waals surface area contributed by atoms with E-state index in [-0.39, 0.29) is 0 Å². The SMILES string of the molecule is Nc1c(Br)c(N2CCN(C(=O)O)CC2)nc2c(-c3cnc4ccccc4c3)cnn12. The zero-order valence-corrected chi connectivity index (χ0v) is 17.4. The maximum atomic E-state index is 11.2. The van der Waals surface area contributed by atoms with Crippen molar-refractivity contribution in [1.29, 1.82) is 0 Å². The highest BCUT2D eigenvalue weighted by Gasteiger charge is 2.25. The summed E-state index contributed by atoms with van der Waals surface area (Å²) >= 11 is 3.55. The van der Waals surface area contributed by atoms with Crippen molar-refractivity contribution in [3.05, 3.63) is 47.2 Å². The van der Waals surface area contributed by atoms with Gasteiger partial charge in [0.05, 0.1) is 11.7 Å². The Bertz CT molecular complexity index is 1280. The monoisotopic (exact) mass is 467 g/mol. The molecule has 1 aliphatic heterocycles. The molecule has 0 saturated carbocycles. The predicted octanol–water partition coefficient (Wildman–Crippen LogP) is 3.09. The van der Waals surface area contributed by atoms with Crippen molar-refractivity contribution in [2.24, 2.45) is 0 Å². The second-order valence-electron chi connectivity index (χ2n) is 7.10. The summed E-state index contributed by atoms with van der Waals surface area (Å²) in [5, 5.41) is 14.6. The second-order valence-corrected chi connectivity index (χ2v) is 7.89. The first-order valence-corrected chi connectivity index (χ1v) is 10.2. The number of nitrogens with zero attached hydrogens (tertiary/aromatic N) is 6. The average molecular weight is 468 g/mol. The van der Waals surface area contributed by atoms with Gasteiger partial charge in [-0.2, -0.15) is 9.61 Å². The Hall–Kier alpha value is -3.40. The van der Waals surface area contributed by atoms with Crippen LogP contribution in [0.5, 0.6) is 0 Å². The number of hydrogen-bond acceptors (Lipinski definition) is 6. The number of fused-ring (bicyclic) bond motifs is 2. The molecule has 9 nitrogen and oxygen atoms in total. The lowest BCUT2D eigenvalue weighted by atomic mass is 10.1. The summed E-state index contributed by atoms with van der Waals surface area (Å²) in [5.41, 5.74) is 9.63. The first-order chi connectivity index (χ1) is 14.5. The molecule has 1 aromatic carbocycles. The molecule has 1 amide bonds. The molecule has 0 atom stereocenters. The molecule has 10 heteroatoms. The van der Waals surface area contributed by atoms with Crippen molar-refractivity contribution < 1.29 is 9.90 Å². The highest BCUT2D eigenvalue weighted by Crippen LogP contribution is 2.34. The third kappa shape index (κ3) is 3.00. The lowest BCUT2D eigenvalue weighted by Gasteiger charge is -2.34. The lowest BCUT2D eigenvalue weighted by Crippen LogP contribution is -2.48. The second kappa shape index (κ2) is 7.13. The van der Waals surface area contributed by atoms with Crippen molar-refractivity contribution >= 4 is 50.2 Å². The Morgan fingerprint density at radius 3 is 2.67 bits per heavy atom. The van der Waals surface area contributed by atoms with E-state index in [1.54, 1.807) is 10.7 Å². The van der Waals surface area contributed by atoms with E-state index in [1.807, 2.05) is 35.4 Å². The number of para-hydroxylation sites is 1. The average Bonchev–Trinajstić information content (AvgIpc) is 3.20. The topological polar surface area (TPSA) is 113 Å². The van der Waals surface area contributed by atoms with Gasteiger partial charge < -0.3 is 20.6 Å². The standard InChI is InChI=1S/C20H18BrN7O2/c21-16-17(22)28-18(25-19(16)26-5-7-27(8-6-26)20(29)30)14(11-24-28)13-9-12-3-1-2-4-15(12)23-10-13/h1-4,9-11H,5-8,22H2,(H,29,30). The van der Waals surface area contributed by atoms with Crippen molar-refractivity contribution in [3.63, 3.8) is 0 Å². The molecule has 1 saturated heterocycles. The van der Waals surface area contributed by atoms with E-state index >= 15 is 0 Å². The maximum Gasteiger partial charge on any atom is 0.407 e. The van der Waals surface area contributed by atoms with Crippen LogP contribution in [0.1, 0.15) is 0 Å². The number of carboxylic acid groups (broad SMARTS) is 1. The molecule has 3 aromatic heterocycles. The number of piperazine rings is 1. The van der Waals surface area contributed by atoms with Crippen LogP contribution >= 0.6 is 15.9 Å². The molecule has 0 aliphatic carbocycles. The number of hydrogen-bond donors (Lipinski definition) is 2. The maximum absolute atomic E-state index is 11.2. The molecule has 1 fully saturated rings. The third-order valence-corrected chi connectivity index (χ3v) is 6.12. The summed E-state index contributed by atoms with van der Waals surface area (Å²) in [5.74, 6) is 1.12. The molecule has 1 aliphatic rings. The fourth-order valence-corrected chi connectivity index (χ4v) is 4.23. The zero-order chi connectivity index (χ0) is 20.8. The van der Waals surface area contributed by atoms with Crippen LogP contribution in [0, 0.1) is 0 Å². The molecule has 5 rings (SSSR count). The largest absolute Gasteiger partial charge is 0.465 e. The summed E-state index contributed by atoms with van der Waals surface area (Å²) in [4.78, 5) is 24.0.